The SMILES string of the molecule is O=C(Nc1cccc(S(=O)(=O)NC2CC2)c1)C(=O)c1c[nH]c2ccccc12. The molecule has 1 heterocycles. The zero-order valence-electron chi connectivity index (χ0n) is 14.2. The van der Waals surface area contributed by atoms with Crippen LogP contribution in [0.1, 0.15) is 23.2 Å². The molecular formula is C19H17N3O4S. The van der Waals surface area contributed by atoms with Gasteiger partial charge < -0.3 is 10.3 Å². The summed E-state index contributed by atoms with van der Waals surface area (Å²) in [7, 11) is -3.64. The quantitative estimate of drug-likeness (QED) is 0.449. The number of carbonyl (C=O) groups is 2. The molecule has 8 heteroatoms. The fourth-order valence-electron chi connectivity index (χ4n) is 2.80. The first-order valence-electron chi connectivity index (χ1n) is 8.48. The number of nitrogens with one attached hydrogen (secondary N) is 3. The second-order valence-electron chi connectivity index (χ2n) is 6.45. The van der Waals surface area contributed by atoms with Gasteiger partial charge in [0.15, 0.2) is 0 Å². The van der Waals surface area contributed by atoms with E-state index < -0.39 is 21.7 Å². The molecule has 0 spiro atoms. The average molecular weight is 383 g/mol. The summed E-state index contributed by atoms with van der Waals surface area (Å²) < 4.78 is 27.2. The van der Waals surface area contributed by atoms with Crippen molar-refractivity contribution in [2.24, 2.45) is 0 Å². The number of aromatic nitrogens is 1. The number of Topliss-reactive ketones (excluding diaryl/α,β-unsaturated/α-hetero) is 1. The van der Waals surface area contributed by atoms with Gasteiger partial charge in [-0.1, -0.05) is 24.3 Å². The third-order valence-electron chi connectivity index (χ3n) is 4.34. The predicted molar refractivity (Wildman–Crippen MR) is 101 cm³/mol. The van der Waals surface area contributed by atoms with Gasteiger partial charge in [-0.15, -0.1) is 0 Å². The van der Waals surface area contributed by atoms with Crippen molar-refractivity contribution < 1.29 is 18.0 Å². The molecule has 0 aliphatic heterocycles. The Morgan fingerprint density at radius 3 is 2.59 bits per heavy atom. The third kappa shape index (κ3) is 3.62. The van der Waals surface area contributed by atoms with Gasteiger partial charge in [-0.25, -0.2) is 13.1 Å². The highest BCUT2D eigenvalue weighted by Crippen LogP contribution is 2.24. The Balaban J connectivity index is 1.54. The van der Waals surface area contributed by atoms with E-state index in [0.29, 0.717) is 5.39 Å². The molecule has 0 bridgehead atoms. The van der Waals surface area contributed by atoms with E-state index in [-0.39, 0.29) is 22.2 Å². The second kappa shape index (κ2) is 6.64. The maximum Gasteiger partial charge on any atom is 0.296 e. The molecule has 1 fully saturated rings. The molecular weight excluding hydrogens is 366 g/mol. The molecule has 1 aromatic heterocycles. The highest BCUT2D eigenvalue weighted by atomic mass is 32.2. The van der Waals surface area contributed by atoms with Crippen molar-refractivity contribution in [1.82, 2.24) is 9.71 Å². The lowest BCUT2D eigenvalue weighted by atomic mass is 10.1. The molecule has 138 valence electrons. The zero-order valence-corrected chi connectivity index (χ0v) is 15.0. The second-order valence-corrected chi connectivity index (χ2v) is 8.17. The van der Waals surface area contributed by atoms with Crippen LogP contribution < -0.4 is 10.0 Å². The monoisotopic (exact) mass is 383 g/mol. The number of fused-ring (bicyclic) bond motifs is 1. The molecule has 7 nitrogen and oxygen atoms in total. The van der Waals surface area contributed by atoms with E-state index in [1.54, 1.807) is 12.1 Å². The molecule has 3 N–H and O–H groups in total. The van der Waals surface area contributed by atoms with Gasteiger partial charge in [0.1, 0.15) is 0 Å². The Morgan fingerprint density at radius 2 is 1.81 bits per heavy atom. The Labute approximate surface area is 155 Å². The van der Waals surface area contributed by atoms with Crippen molar-refractivity contribution >= 4 is 38.3 Å². The minimum atomic E-state index is -3.64. The number of benzene rings is 2. The predicted octanol–water partition coefficient (Wildman–Crippen LogP) is 2.43. The molecule has 1 aliphatic rings. The number of carbonyl (C=O) groups excluding carboxylic acids is 2. The Bertz CT molecular complexity index is 1150. The molecule has 27 heavy (non-hydrogen) atoms. The van der Waals surface area contributed by atoms with Crippen molar-refractivity contribution in [1.29, 1.82) is 0 Å². The van der Waals surface area contributed by atoms with E-state index in [1.165, 1.54) is 30.5 Å². The van der Waals surface area contributed by atoms with Crippen molar-refractivity contribution in [3.05, 3.63) is 60.3 Å². The van der Waals surface area contributed by atoms with Crippen LogP contribution in [0.5, 0.6) is 0 Å². The lowest BCUT2D eigenvalue weighted by Crippen LogP contribution is -2.26. The highest BCUT2D eigenvalue weighted by molar-refractivity contribution is 7.89. The van der Waals surface area contributed by atoms with Crippen LogP contribution in [0.4, 0.5) is 5.69 Å². The molecule has 0 saturated heterocycles. The minimum absolute atomic E-state index is 0.0169. The van der Waals surface area contributed by atoms with E-state index in [0.717, 1.165) is 18.4 Å². The number of ketones is 1. The first-order valence-corrected chi connectivity index (χ1v) is 9.96. The number of para-hydroxylation sites is 1. The van der Waals surface area contributed by atoms with Crippen LogP contribution in [0.3, 0.4) is 0 Å². The minimum Gasteiger partial charge on any atom is -0.360 e. The molecule has 2 aromatic carbocycles. The molecule has 0 atom stereocenters. The summed E-state index contributed by atoms with van der Waals surface area (Å²) in [5.74, 6) is -1.53. The van der Waals surface area contributed by atoms with Crippen LogP contribution in [0.25, 0.3) is 10.9 Å². The van der Waals surface area contributed by atoms with Crippen molar-refractivity contribution in [3.8, 4) is 0 Å². The standard InChI is InChI=1S/C19H17N3O4S/c23-18(16-11-20-17-7-2-1-6-15(16)17)19(24)21-13-4-3-5-14(10-13)27(25,26)22-12-8-9-12/h1-7,10-12,20,22H,8-9H2,(H,21,24). The van der Waals surface area contributed by atoms with Crippen LogP contribution in [-0.2, 0) is 14.8 Å². The summed E-state index contributed by atoms with van der Waals surface area (Å²) >= 11 is 0. The summed E-state index contributed by atoms with van der Waals surface area (Å²) in [6.45, 7) is 0. The molecule has 3 aromatic rings. The number of anilines is 1. The fraction of sp³-hybridized carbons (Fsp3) is 0.158. The average Bonchev–Trinajstić information content (AvgIpc) is 3.35. The molecule has 0 unspecified atom stereocenters. The van der Waals surface area contributed by atoms with Crippen LogP contribution in [0, 0.1) is 0 Å². The summed E-state index contributed by atoms with van der Waals surface area (Å²) in [5, 5.41) is 3.14. The maximum atomic E-state index is 12.5. The maximum absolute atomic E-state index is 12.5. The van der Waals surface area contributed by atoms with Crippen molar-refractivity contribution in [3.63, 3.8) is 0 Å². The number of hydrogen-bond donors (Lipinski definition) is 3. The van der Waals surface area contributed by atoms with Crippen molar-refractivity contribution in [2.75, 3.05) is 5.32 Å². The van der Waals surface area contributed by atoms with E-state index in [9.17, 15) is 18.0 Å². The number of amides is 1. The summed E-state index contributed by atoms with van der Waals surface area (Å²) in [4.78, 5) is 27.9. The van der Waals surface area contributed by atoms with Gasteiger partial charge in [-0.05, 0) is 37.1 Å². The van der Waals surface area contributed by atoms with Gasteiger partial charge in [0, 0.05) is 28.8 Å². The van der Waals surface area contributed by atoms with E-state index in [2.05, 4.69) is 15.0 Å². The third-order valence-corrected chi connectivity index (χ3v) is 5.86. The number of aromatic amines is 1. The summed E-state index contributed by atoms with van der Waals surface area (Å²) in [6.07, 6.45) is 3.15. The topological polar surface area (TPSA) is 108 Å². The van der Waals surface area contributed by atoms with Crippen molar-refractivity contribution in [2.45, 2.75) is 23.8 Å². The number of H-pyrrole nitrogens is 1. The van der Waals surface area contributed by atoms with E-state index in [4.69, 9.17) is 0 Å². The van der Waals surface area contributed by atoms with E-state index in [1.807, 2.05) is 12.1 Å². The van der Waals surface area contributed by atoms with Gasteiger partial charge in [0.2, 0.25) is 10.0 Å². The number of hydrogen-bond acceptors (Lipinski definition) is 4. The highest BCUT2D eigenvalue weighted by Gasteiger charge is 2.28. The zero-order chi connectivity index (χ0) is 19.0. The van der Waals surface area contributed by atoms with Crippen LogP contribution >= 0.6 is 0 Å². The summed E-state index contributed by atoms with van der Waals surface area (Å²) in [5.41, 5.74) is 1.27. The fourth-order valence-corrected chi connectivity index (χ4v) is 4.15. The Hall–Kier alpha value is -2.97. The van der Waals surface area contributed by atoms with Crippen LogP contribution in [-0.4, -0.2) is 31.1 Å². The molecule has 1 aliphatic carbocycles. The lowest BCUT2D eigenvalue weighted by Gasteiger charge is -2.08. The van der Waals surface area contributed by atoms with Crippen LogP contribution in [0.15, 0.2) is 59.6 Å². The Kier molecular flexibility index (Phi) is 4.29. The number of sulfonamides is 1. The normalized spacial score (nSPS) is 14.2. The van der Waals surface area contributed by atoms with Gasteiger partial charge in [-0.2, -0.15) is 0 Å². The molecule has 1 saturated carbocycles. The summed E-state index contributed by atoms with van der Waals surface area (Å²) in [6, 6.07) is 13.0. The van der Waals surface area contributed by atoms with Crippen LogP contribution in [0.2, 0.25) is 0 Å². The van der Waals surface area contributed by atoms with Gasteiger partial charge >= 0.3 is 0 Å². The van der Waals surface area contributed by atoms with Gasteiger partial charge in [0.05, 0.1) is 10.5 Å². The van der Waals surface area contributed by atoms with Gasteiger partial charge in [-0.3, -0.25) is 9.59 Å². The lowest BCUT2D eigenvalue weighted by molar-refractivity contribution is -0.112. The molecule has 4 rings (SSSR count). The number of rotatable bonds is 6. The molecule has 0 radical (unpaired) electrons. The van der Waals surface area contributed by atoms with Gasteiger partial charge in [0.25, 0.3) is 11.7 Å². The first kappa shape index (κ1) is 17.4. The molecule has 1 amide bonds. The largest absolute Gasteiger partial charge is 0.360 e. The smallest absolute Gasteiger partial charge is 0.296 e. The first-order chi connectivity index (χ1) is 12.9. The van der Waals surface area contributed by atoms with E-state index >= 15 is 0 Å². The Morgan fingerprint density at radius 1 is 1.04 bits per heavy atom.